The Morgan fingerprint density at radius 1 is 1.19 bits per heavy atom. The van der Waals surface area contributed by atoms with Crippen molar-refractivity contribution in [3.63, 3.8) is 0 Å². The van der Waals surface area contributed by atoms with Crippen LogP contribution in [0.25, 0.3) is 0 Å². The van der Waals surface area contributed by atoms with Crippen LogP contribution in [0.5, 0.6) is 0 Å². The zero-order valence-electron chi connectivity index (χ0n) is 15.1. The molecule has 138 valence electrons. The molecule has 4 N–H and O–H groups in total. The van der Waals surface area contributed by atoms with Crippen LogP contribution in [-0.2, 0) is 6.42 Å². The Morgan fingerprint density at radius 2 is 1.96 bits per heavy atom. The highest BCUT2D eigenvalue weighted by atomic mass is 35.5. The lowest BCUT2D eigenvalue weighted by molar-refractivity contribution is 0.228. The Morgan fingerprint density at radius 3 is 2.69 bits per heavy atom. The van der Waals surface area contributed by atoms with Gasteiger partial charge in [0.1, 0.15) is 0 Å². The largest absolute Gasteiger partial charge is 0.288 e. The minimum absolute atomic E-state index is 0. The molecule has 1 atom stereocenters. The van der Waals surface area contributed by atoms with Crippen molar-refractivity contribution < 1.29 is 5.21 Å². The molecule has 0 bridgehead atoms. The monoisotopic (exact) mass is 373 g/mol. The van der Waals surface area contributed by atoms with Gasteiger partial charge in [0.2, 0.25) is 5.96 Å². The number of nitrogens with one attached hydrogen (secondary N) is 3. The van der Waals surface area contributed by atoms with Gasteiger partial charge < -0.3 is 0 Å². The van der Waals surface area contributed by atoms with E-state index in [1.807, 2.05) is 19.2 Å². The predicted octanol–water partition coefficient (Wildman–Crippen LogP) is 3.37. The Kier molecular flexibility index (Phi) is 6.34. The van der Waals surface area contributed by atoms with Crippen LogP contribution in [0.1, 0.15) is 45.8 Å². The molecule has 1 aromatic heterocycles. The highest BCUT2D eigenvalue weighted by molar-refractivity contribution is 6.04. The molecule has 1 unspecified atom stereocenters. The van der Waals surface area contributed by atoms with Gasteiger partial charge in [0.15, 0.2) is 0 Å². The van der Waals surface area contributed by atoms with Crippen molar-refractivity contribution in [1.29, 1.82) is 5.41 Å². The average Bonchev–Trinajstić information content (AvgIpc) is 2.61. The third kappa shape index (κ3) is 4.03. The first kappa shape index (κ1) is 19.9. The van der Waals surface area contributed by atoms with Gasteiger partial charge in [-0.05, 0) is 62.3 Å². The van der Waals surface area contributed by atoms with Gasteiger partial charge in [-0.3, -0.25) is 15.6 Å². The molecular weight excluding hydrogens is 350 g/mol. The standard InChI is InChI=1S/C19H23N5O.ClH/c1-11-4-5-12(2)15(8-11)14-9-16-18(13(3)6-7-21-16)17(10-14)22-23-19(20)24-25;/h4-8,14,25H,9-10H2,1-3H3,(H3,20,23,24);1H. The molecule has 0 saturated carbocycles. The van der Waals surface area contributed by atoms with Crippen LogP contribution in [0.2, 0.25) is 0 Å². The summed E-state index contributed by atoms with van der Waals surface area (Å²) < 4.78 is 0. The number of pyridine rings is 1. The predicted molar refractivity (Wildman–Crippen MR) is 106 cm³/mol. The number of rotatable bonds is 2. The van der Waals surface area contributed by atoms with E-state index < -0.39 is 0 Å². The Hall–Kier alpha value is -2.44. The van der Waals surface area contributed by atoms with Gasteiger partial charge in [-0.2, -0.15) is 5.10 Å². The summed E-state index contributed by atoms with van der Waals surface area (Å²) in [6.07, 6.45) is 3.47. The fourth-order valence-electron chi connectivity index (χ4n) is 3.47. The topological polar surface area (TPSA) is 93.4 Å². The average molecular weight is 374 g/mol. The second kappa shape index (κ2) is 8.29. The summed E-state index contributed by atoms with van der Waals surface area (Å²) in [6.45, 7) is 6.28. The molecule has 1 aliphatic rings. The number of aryl methyl sites for hydroxylation is 3. The second-order valence-corrected chi connectivity index (χ2v) is 6.57. The SMILES string of the molecule is Cc1ccc(C)c(C2CC(=NNC(=N)NO)c3c(C)ccnc3C2)c1.Cl. The summed E-state index contributed by atoms with van der Waals surface area (Å²) in [5.74, 6) is 0.0305. The van der Waals surface area contributed by atoms with Crippen LogP contribution < -0.4 is 10.9 Å². The molecule has 0 spiro atoms. The van der Waals surface area contributed by atoms with Crippen molar-refractivity contribution in [1.82, 2.24) is 15.9 Å². The Bertz CT molecular complexity index is 850. The number of hydroxylamine groups is 1. The lowest BCUT2D eigenvalue weighted by atomic mass is 9.78. The van der Waals surface area contributed by atoms with Gasteiger partial charge in [-0.25, -0.2) is 10.9 Å². The number of benzene rings is 1. The van der Waals surface area contributed by atoms with E-state index in [-0.39, 0.29) is 18.4 Å². The molecule has 3 rings (SSSR count). The highest BCUT2D eigenvalue weighted by Gasteiger charge is 2.28. The van der Waals surface area contributed by atoms with Crippen LogP contribution in [-0.4, -0.2) is 21.9 Å². The fraction of sp³-hybridized carbons (Fsp3) is 0.316. The number of hydrazone groups is 1. The summed E-state index contributed by atoms with van der Waals surface area (Å²) in [5.41, 5.74) is 12.2. The van der Waals surface area contributed by atoms with Gasteiger partial charge >= 0.3 is 0 Å². The van der Waals surface area contributed by atoms with Gasteiger partial charge in [0.25, 0.3) is 0 Å². The minimum atomic E-state index is -0.260. The lowest BCUT2D eigenvalue weighted by Crippen LogP contribution is -2.32. The highest BCUT2D eigenvalue weighted by Crippen LogP contribution is 2.35. The van der Waals surface area contributed by atoms with E-state index in [2.05, 4.69) is 47.6 Å². The number of fused-ring (bicyclic) bond motifs is 1. The van der Waals surface area contributed by atoms with Gasteiger partial charge in [-0.1, -0.05) is 23.8 Å². The number of halogens is 1. The van der Waals surface area contributed by atoms with E-state index in [0.29, 0.717) is 5.92 Å². The summed E-state index contributed by atoms with van der Waals surface area (Å²) in [4.78, 5) is 4.58. The second-order valence-electron chi connectivity index (χ2n) is 6.57. The van der Waals surface area contributed by atoms with Crippen LogP contribution >= 0.6 is 12.4 Å². The van der Waals surface area contributed by atoms with Crippen LogP contribution in [0.3, 0.4) is 0 Å². The van der Waals surface area contributed by atoms with Crippen molar-refractivity contribution >= 4 is 24.1 Å². The first-order chi connectivity index (χ1) is 12.0. The van der Waals surface area contributed by atoms with E-state index in [0.717, 1.165) is 35.4 Å². The molecule has 7 heteroatoms. The molecule has 0 radical (unpaired) electrons. The van der Waals surface area contributed by atoms with Crippen molar-refractivity contribution in [2.75, 3.05) is 0 Å². The molecule has 1 aliphatic carbocycles. The third-order valence-electron chi connectivity index (χ3n) is 4.69. The zero-order valence-corrected chi connectivity index (χ0v) is 15.9. The van der Waals surface area contributed by atoms with Crippen molar-refractivity contribution in [2.24, 2.45) is 5.10 Å². The smallest absolute Gasteiger partial charge is 0.233 e. The molecule has 0 aliphatic heterocycles. The van der Waals surface area contributed by atoms with E-state index in [4.69, 9.17) is 10.6 Å². The van der Waals surface area contributed by atoms with E-state index in [1.165, 1.54) is 16.7 Å². The number of aromatic nitrogens is 1. The maximum atomic E-state index is 8.79. The number of hydrogen-bond donors (Lipinski definition) is 4. The van der Waals surface area contributed by atoms with Gasteiger partial charge in [0.05, 0.1) is 11.4 Å². The molecule has 0 amide bonds. The van der Waals surface area contributed by atoms with E-state index in [1.54, 1.807) is 5.48 Å². The quantitative estimate of drug-likeness (QED) is 0.369. The summed E-state index contributed by atoms with van der Waals surface area (Å²) in [7, 11) is 0. The van der Waals surface area contributed by atoms with Crippen molar-refractivity contribution in [3.05, 3.63) is 64.0 Å². The summed E-state index contributed by atoms with van der Waals surface area (Å²) in [6, 6.07) is 8.50. The molecule has 1 aromatic carbocycles. The summed E-state index contributed by atoms with van der Waals surface area (Å²) >= 11 is 0. The van der Waals surface area contributed by atoms with Gasteiger partial charge in [-0.15, -0.1) is 12.4 Å². The number of guanidine groups is 1. The maximum absolute atomic E-state index is 8.79. The Balaban J connectivity index is 0.00000243. The zero-order chi connectivity index (χ0) is 18.0. The first-order valence-corrected chi connectivity index (χ1v) is 8.32. The molecule has 6 nitrogen and oxygen atoms in total. The van der Waals surface area contributed by atoms with Gasteiger partial charge in [0, 0.05) is 11.8 Å². The molecule has 2 aromatic rings. The van der Waals surface area contributed by atoms with E-state index in [9.17, 15) is 0 Å². The minimum Gasteiger partial charge on any atom is -0.288 e. The number of hydrogen-bond acceptors (Lipinski definition) is 4. The third-order valence-corrected chi connectivity index (χ3v) is 4.69. The van der Waals surface area contributed by atoms with Crippen molar-refractivity contribution in [2.45, 2.75) is 39.5 Å². The normalized spacial score (nSPS) is 17.2. The molecule has 0 fully saturated rings. The lowest BCUT2D eigenvalue weighted by Gasteiger charge is -2.28. The maximum Gasteiger partial charge on any atom is 0.233 e. The Labute approximate surface area is 159 Å². The van der Waals surface area contributed by atoms with Crippen LogP contribution in [0.15, 0.2) is 35.6 Å². The van der Waals surface area contributed by atoms with E-state index >= 15 is 0 Å². The molecule has 1 heterocycles. The summed E-state index contributed by atoms with van der Waals surface area (Å²) in [5, 5.41) is 20.6. The molecule has 0 saturated heterocycles. The van der Waals surface area contributed by atoms with Crippen molar-refractivity contribution in [3.8, 4) is 0 Å². The molecule has 26 heavy (non-hydrogen) atoms. The molecular formula is C19H24ClN5O. The fourth-order valence-corrected chi connectivity index (χ4v) is 3.47. The number of nitrogens with zero attached hydrogens (tertiary/aromatic N) is 2. The van der Waals surface area contributed by atoms with Crippen LogP contribution in [0.4, 0.5) is 0 Å². The first-order valence-electron chi connectivity index (χ1n) is 8.32. The van der Waals surface area contributed by atoms with Crippen LogP contribution in [0, 0.1) is 26.2 Å².